The van der Waals surface area contributed by atoms with Crippen LogP contribution in [0.5, 0.6) is 0 Å². The highest BCUT2D eigenvalue weighted by Crippen LogP contribution is 2.25. The van der Waals surface area contributed by atoms with Crippen LogP contribution in [0.25, 0.3) is 0 Å². The first-order chi connectivity index (χ1) is 15.0. The average Bonchev–Trinajstić information content (AvgIpc) is 2.97. The van der Waals surface area contributed by atoms with Crippen molar-refractivity contribution in [3.63, 3.8) is 0 Å². The van der Waals surface area contributed by atoms with Gasteiger partial charge in [0, 0.05) is 45.1 Å². The number of imide groups is 1. The van der Waals surface area contributed by atoms with Gasteiger partial charge in [0.2, 0.25) is 11.8 Å². The third-order valence-corrected chi connectivity index (χ3v) is 6.79. The molecule has 1 aromatic carbocycles. The van der Waals surface area contributed by atoms with E-state index in [2.05, 4.69) is 0 Å². The molecule has 0 saturated carbocycles. The van der Waals surface area contributed by atoms with Crippen LogP contribution in [0.1, 0.15) is 71.2 Å². The molecule has 166 valence electrons. The molecule has 0 aliphatic carbocycles. The number of carbonyl (C=O) groups excluding carboxylic acids is 4. The van der Waals surface area contributed by atoms with E-state index >= 15 is 0 Å². The van der Waals surface area contributed by atoms with Gasteiger partial charge >= 0.3 is 0 Å². The van der Waals surface area contributed by atoms with E-state index in [0.717, 1.165) is 31.5 Å². The standard InChI is InChI=1S/C24H31N3O4/c1-17-6-7-19-20(16-17)24(31)27(23(19)30)15-10-21(28)25-13-8-18(9-14-25)22(29)26-11-4-2-3-5-12-26/h6-7,16,18H,2-5,8-15H2,1H3. The van der Waals surface area contributed by atoms with Gasteiger partial charge in [0.25, 0.3) is 11.8 Å². The Balaban J connectivity index is 1.26. The number of hydrogen-bond acceptors (Lipinski definition) is 4. The van der Waals surface area contributed by atoms with Gasteiger partial charge in [0.1, 0.15) is 0 Å². The van der Waals surface area contributed by atoms with Crippen LogP contribution in [-0.2, 0) is 9.59 Å². The predicted molar refractivity (Wildman–Crippen MR) is 116 cm³/mol. The molecule has 3 heterocycles. The number of piperidine rings is 1. The van der Waals surface area contributed by atoms with Crippen molar-refractivity contribution in [1.82, 2.24) is 14.7 Å². The van der Waals surface area contributed by atoms with E-state index in [9.17, 15) is 19.2 Å². The van der Waals surface area contributed by atoms with Gasteiger partial charge in [0.05, 0.1) is 11.1 Å². The fourth-order valence-corrected chi connectivity index (χ4v) is 4.90. The SMILES string of the molecule is Cc1ccc2c(c1)C(=O)N(CCC(=O)N1CCC(C(=O)N3CCCCCC3)CC1)C2=O. The number of nitrogens with zero attached hydrogens (tertiary/aromatic N) is 3. The Morgan fingerprint density at radius 3 is 2.19 bits per heavy atom. The first kappa shape index (κ1) is 21.5. The van der Waals surface area contributed by atoms with Crippen molar-refractivity contribution in [2.75, 3.05) is 32.7 Å². The zero-order valence-electron chi connectivity index (χ0n) is 18.3. The minimum absolute atomic E-state index is 0.00151. The van der Waals surface area contributed by atoms with E-state index in [1.807, 2.05) is 17.9 Å². The molecule has 0 N–H and O–H groups in total. The summed E-state index contributed by atoms with van der Waals surface area (Å²) in [7, 11) is 0. The van der Waals surface area contributed by atoms with Crippen LogP contribution in [0.2, 0.25) is 0 Å². The molecule has 0 bridgehead atoms. The molecule has 3 aliphatic heterocycles. The lowest BCUT2D eigenvalue weighted by Crippen LogP contribution is -2.45. The Bertz CT molecular complexity index is 881. The molecule has 0 atom stereocenters. The van der Waals surface area contributed by atoms with E-state index in [0.29, 0.717) is 37.1 Å². The highest BCUT2D eigenvalue weighted by Gasteiger charge is 2.36. The summed E-state index contributed by atoms with van der Waals surface area (Å²) in [5, 5.41) is 0. The summed E-state index contributed by atoms with van der Waals surface area (Å²) >= 11 is 0. The zero-order valence-corrected chi connectivity index (χ0v) is 18.3. The van der Waals surface area contributed by atoms with Crippen molar-refractivity contribution >= 4 is 23.6 Å². The molecule has 0 spiro atoms. The van der Waals surface area contributed by atoms with Gasteiger partial charge in [-0.15, -0.1) is 0 Å². The van der Waals surface area contributed by atoms with Crippen LogP contribution < -0.4 is 0 Å². The number of aryl methyl sites for hydroxylation is 1. The van der Waals surface area contributed by atoms with Crippen LogP contribution in [0.3, 0.4) is 0 Å². The number of rotatable bonds is 4. The first-order valence-electron chi connectivity index (χ1n) is 11.5. The lowest BCUT2D eigenvalue weighted by atomic mass is 9.95. The van der Waals surface area contributed by atoms with Gasteiger partial charge < -0.3 is 9.80 Å². The minimum atomic E-state index is -0.324. The molecular weight excluding hydrogens is 394 g/mol. The Hall–Kier alpha value is -2.70. The average molecular weight is 426 g/mol. The van der Waals surface area contributed by atoms with Gasteiger partial charge in [0.15, 0.2) is 0 Å². The Morgan fingerprint density at radius 1 is 0.871 bits per heavy atom. The molecule has 31 heavy (non-hydrogen) atoms. The zero-order chi connectivity index (χ0) is 22.0. The Kier molecular flexibility index (Phi) is 6.39. The van der Waals surface area contributed by atoms with E-state index in [-0.39, 0.29) is 42.5 Å². The second-order valence-corrected chi connectivity index (χ2v) is 8.96. The fraction of sp³-hybridized carbons (Fsp3) is 0.583. The van der Waals surface area contributed by atoms with Gasteiger partial charge in [-0.05, 0) is 44.7 Å². The summed E-state index contributed by atoms with van der Waals surface area (Å²) in [6.45, 7) is 4.81. The normalized spacial score (nSPS) is 20.1. The Morgan fingerprint density at radius 2 is 1.52 bits per heavy atom. The molecule has 7 heteroatoms. The lowest BCUT2D eigenvalue weighted by molar-refractivity contribution is -0.140. The predicted octanol–water partition coefficient (Wildman–Crippen LogP) is 2.62. The summed E-state index contributed by atoms with van der Waals surface area (Å²) in [6, 6.07) is 5.22. The second kappa shape index (κ2) is 9.20. The fourth-order valence-electron chi connectivity index (χ4n) is 4.90. The van der Waals surface area contributed by atoms with Crippen LogP contribution in [0, 0.1) is 12.8 Å². The number of fused-ring (bicyclic) bond motifs is 1. The monoisotopic (exact) mass is 425 g/mol. The van der Waals surface area contributed by atoms with Crippen LogP contribution >= 0.6 is 0 Å². The van der Waals surface area contributed by atoms with E-state index in [1.165, 1.54) is 17.7 Å². The van der Waals surface area contributed by atoms with Crippen molar-refractivity contribution < 1.29 is 19.2 Å². The van der Waals surface area contributed by atoms with Crippen molar-refractivity contribution in [1.29, 1.82) is 0 Å². The summed E-state index contributed by atoms with van der Waals surface area (Å²) in [4.78, 5) is 55.6. The van der Waals surface area contributed by atoms with Gasteiger partial charge in [-0.25, -0.2) is 0 Å². The molecule has 7 nitrogen and oxygen atoms in total. The summed E-state index contributed by atoms with van der Waals surface area (Å²) in [5.41, 5.74) is 1.76. The van der Waals surface area contributed by atoms with E-state index < -0.39 is 0 Å². The maximum atomic E-state index is 12.8. The molecule has 3 aliphatic rings. The van der Waals surface area contributed by atoms with Crippen LogP contribution in [0.4, 0.5) is 0 Å². The van der Waals surface area contributed by atoms with Crippen LogP contribution in [0.15, 0.2) is 18.2 Å². The summed E-state index contributed by atoms with van der Waals surface area (Å²) < 4.78 is 0. The largest absolute Gasteiger partial charge is 0.343 e. The van der Waals surface area contributed by atoms with Crippen LogP contribution in [-0.4, -0.2) is 71.1 Å². The van der Waals surface area contributed by atoms with Crippen molar-refractivity contribution in [3.8, 4) is 0 Å². The molecule has 0 aromatic heterocycles. The van der Waals surface area contributed by atoms with Crippen molar-refractivity contribution in [3.05, 3.63) is 34.9 Å². The third kappa shape index (κ3) is 4.50. The second-order valence-electron chi connectivity index (χ2n) is 8.96. The maximum absolute atomic E-state index is 12.8. The number of likely N-dealkylation sites (tertiary alicyclic amines) is 2. The van der Waals surface area contributed by atoms with Gasteiger partial charge in [-0.3, -0.25) is 24.1 Å². The van der Waals surface area contributed by atoms with Gasteiger partial charge in [-0.1, -0.05) is 24.5 Å². The van der Waals surface area contributed by atoms with E-state index in [1.54, 1.807) is 17.0 Å². The summed E-state index contributed by atoms with van der Waals surface area (Å²) in [5.74, 6) is -0.460. The topological polar surface area (TPSA) is 78.0 Å². The molecule has 0 radical (unpaired) electrons. The molecule has 0 unspecified atom stereocenters. The Labute approximate surface area is 183 Å². The smallest absolute Gasteiger partial charge is 0.261 e. The maximum Gasteiger partial charge on any atom is 0.261 e. The number of hydrogen-bond donors (Lipinski definition) is 0. The van der Waals surface area contributed by atoms with Crippen molar-refractivity contribution in [2.24, 2.45) is 5.92 Å². The number of amides is 4. The number of carbonyl (C=O) groups is 4. The number of benzene rings is 1. The molecule has 2 saturated heterocycles. The van der Waals surface area contributed by atoms with Gasteiger partial charge in [-0.2, -0.15) is 0 Å². The molecule has 4 amide bonds. The highest BCUT2D eigenvalue weighted by atomic mass is 16.2. The third-order valence-electron chi connectivity index (χ3n) is 6.79. The highest BCUT2D eigenvalue weighted by molar-refractivity contribution is 6.21. The lowest BCUT2D eigenvalue weighted by Gasteiger charge is -2.34. The minimum Gasteiger partial charge on any atom is -0.343 e. The molecule has 2 fully saturated rings. The molecule has 4 rings (SSSR count). The van der Waals surface area contributed by atoms with E-state index in [4.69, 9.17) is 0 Å². The molecule has 1 aromatic rings. The summed E-state index contributed by atoms with van der Waals surface area (Å²) in [6.07, 6.45) is 6.06. The quantitative estimate of drug-likeness (QED) is 0.695. The first-order valence-corrected chi connectivity index (χ1v) is 11.5. The van der Waals surface area contributed by atoms with Crippen molar-refractivity contribution in [2.45, 2.75) is 51.9 Å². The molecular formula is C24H31N3O4.